The standard InChI is InChI=1S/C18H23NO3/c1-5-19(6-2)14-10-13-18(3,4)22-17(21)16(20)15-11-8-7-9-12-15/h7-9,11-12H,5-6,14H2,1-4H3. The number of ether oxygens (including phenoxy) is 1. The second kappa shape index (κ2) is 8.35. The molecule has 0 fully saturated rings. The largest absolute Gasteiger partial charge is 0.440 e. The van der Waals surface area contributed by atoms with Gasteiger partial charge in [0, 0.05) is 5.56 Å². The maximum Gasteiger partial charge on any atom is 0.381 e. The Morgan fingerprint density at radius 3 is 2.27 bits per heavy atom. The van der Waals surface area contributed by atoms with Crippen LogP contribution in [0.25, 0.3) is 0 Å². The lowest BCUT2D eigenvalue weighted by molar-refractivity contribution is -0.145. The second-order valence-corrected chi connectivity index (χ2v) is 5.36. The van der Waals surface area contributed by atoms with Gasteiger partial charge in [-0.2, -0.15) is 0 Å². The molecular formula is C18H23NO3. The van der Waals surface area contributed by atoms with Crippen LogP contribution in [0.15, 0.2) is 30.3 Å². The van der Waals surface area contributed by atoms with Crippen molar-refractivity contribution in [3.05, 3.63) is 35.9 Å². The van der Waals surface area contributed by atoms with Crippen molar-refractivity contribution in [2.75, 3.05) is 19.6 Å². The van der Waals surface area contributed by atoms with Gasteiger partial charge in [0.15, 0.2) is 5.60 Å². The van der Waals surface area contributed by atoms with Crippen LogP contribution in [-0.4, -0.2) is 41.9 Å². The minimum Gasteiger partial charge on any atom is -0.440 e. The molecule has 0 amide bonds. The normalized spacial score (nSPS) is 10.8. The minimum atomic E-state index is -0.991. The first kappa shape index (κ1) is 17.9. The highest BCUT2D eigenvalue weighted by molar-refractivity contribution is 6.40. The molecule has 0 aliphatic rings. The van der Waals surface area contributed by atoms with E-state index in [1.165, 1.54) is 0 Å². The van der Waals surface area contributed by atoms with Crippen molar-refractivity contribution in [2.24, 2.45) is 0 Å². The molecule has 0 radical (unpaired) electrons. The van der Waals surface area contributed by atoms with Crippen LogP contribution in [0.3, 0.4) is 0 Å². The Bertz CT molecular complexity index is 563. The zero-order valence-corrected chi connectivity index (χ0v) is 13.7. The van der Waals surface area contributed by atoms with Gasteiger partial charge in [0.05, 0.1) is 6.54 Å². The molecule has 1 rings (SSSR count). The molecule has 0 atom stereocenters. The fourth-order valence-corrected chi connectivity index (χ4v) is 1.82. The van der Waals surface area contributed by atoms with E-state index in [0.717, 1.165) is 13.1 Å². The van der Waals surface area contributed by atoms with E-state index in [1.54, 1.807) is 44.2 Å². The Morgan fingerprint density at radius 1 is 1.14 bits per heavy atom. The summed E-state index contributed by atoms with van der Waals surface area (Å²) in [5.74, 6) is 4.37. The molecule has 0 saturated carbocycles. The van der Waals surface area contributed by atoms with E-state index in [2.05, 4.69) is 30.6 Å². The lowest BCUT2D eigenvalue weighted by atomic mass is 10.1. The van der Waals surface area contributed by atoms with Gasteiger partial charge in [-0.15, -0.1) is 0 Å². The van der Waals surface area contributed by atoms with Gasteiger partial charge in [-0.1, -0.05) is 56.0 Å². The molecule has 0 unspecified atom stereocenters. The fraction of sp³-hybridized carbons (Fsp3) is 0.444. The third-order valence-electron chi connectivity index (χ3n) is 3.16. The Balaban J connectivity index is 2.66. The summed E-state index contributed by atoms with van der Waals surface area (Å²) in [5, 5.41) is 0. The number of benzene rings is 1. The fourth-order valence-electron chi connectivity index (χ4n) is 1.82. The molecule has 0 heterocycles. The smallest absolute Gasteiger partial charge is 0.381 e. The number of Topliss-reactive ketones (excluding diaryl/α,β-unsaturated/α-hetero) is 1. The van der Waals surface area contributed by atoms with Crippen molar-refractivity contribution in [3.8, 4) is 11.8 Å². The van der Waals surface area contributed by atoms with Crippen molar-refractivity contribution < 1.29 is 14.3 Å². The molecule has 0 saturated heterocycles. The third-order valence-corrected chi connectivity index (χ3v) is 3.16. The van der Waals surface area contributed by atoms with Crippen LogP contribution < -0.4 is 0 Å². The highest BCUT2D eigenvalue weighted by Gasteiger charge is 2.26. The minimum absolute atomic E-state index is 0.319. The number of hydrogen-bond donors (Lipinski definition) is 0. The van der Waals surface area contributed by atoms with Crippen LogP contribution in [0.2, 0.25) is 0 Å². The molecule has 0 aliphatic carbocycles. The van der Waals surface area contributed by atoms with E-state index >= 15 is 0 Å². The van der Waals surface area contributed by atoms with E-state index in [-0.39, 0.29) is 0 Å². The average Bonchev–Trinajstić information content (AvgIpc) is 2.51. The molecule has 0 aromatic heterocycles. The number of hydrogen-bond acceptors (Lipinski definition) is 4. The maximum absolute atomic E-state index is 12.0. The first-order valence-electron chi connectivity index (χ1n) is 7.44. The molecule has 0 aliphatic heterocycles. The molecule has 0 spiro atoms. The maximum atomic E-state index is 12.0. The number of carbonyl (C=O) groups is 2. The molecule has 0 bridgehead atoms. The van der Waals surface area contributed by atoms with Gasteiger partial charge in [0.25, 0.3) is 5.78 Å². The lowest BCUT2D eigenvalue weighted by Gasteiger charge is -2.19. The van der Waals surface area contributed by atoms with Crippen LogP contribution in [0.4, 0.5) is 0 Å². The number of ketones is 1. The molecule has 22 heavy (non-hydrogen) atoms. The van der Waals surface area contributed by atoms with E-state index in [9.17, 15) is 9.59 Å². The van der Waals surface area contributed by atoms with E-state index in [4.69, 9.17) is 4.74 Å². The van der Waals surface area contributed by atoms with E-state index in [1.807, 2.05) is 0 Å². The van der Waals surface area contributed by atoms with Crippen molar-refractivity contribution in [1.29, 1.82) is 0 Å². The summed E-state index contributed by atoms with van der Waals surface area (Å²) in [6, 6.07) is 8.36. The average molecular weight is 301 g/mol. The topological polar surface area (TPSA) is 46.6 Å². The summed E-state index contributed by atoms with van der Waals surface area (Å²) in [7, 11) is 0. The van der Waals surface area contributed by atoms with Gasteiger partial charge in [-0.25, -0.2) is 4.79 Å². The predicted molar refractivity (Wildman–Crippen MR) is 86.5 cm³/mol. The summed E-state index contributed by atoms with van der Waals surface area (Å²) in [6.07, 6.45) is 0. The van der Waals surface area contributed by atoms with Gasteiger partial charge < -0.3 is 4.74 Å². The molecule has 118 valence electrons. The highest BCUT2D eigenvalue weighted by Crippen LogP contribution is 2.10. The molecule has 4 heteroatoms. The van der Waals surface area contributed by atoms with Gasteiger partial charge in [0.1, 0.15) is 0 Å². The van der Waals surface area contributed by atoms with Crippen molar-refractivity contribution in [1.82, 2.24) is 4.90 Å². The Labute approximate surface area is 132 Å². The van der Waals surface area contributed by atoms with E-state index in [0.29, 0.717) is 12.1 Å². The molecule has 1 aromatic carbocycles. The first-order valence-corrected chi connectivity index (χ1v) is 7.44. The SMILES string of the molecule is CCN(CC)CC#CC(C)(C)OC(=O)C(=O)c1ccccc1. The molecule has 4 nitrogen and oxygen atoms in total. The Morgan fingerprint density at radius 2 is 1.73 bits per heavy atom. The summed E-state index contributed by atoms with van der Waals surface area (Å²) < 4.78 is 5.22. The number of rotatable bonds is 6. The van der Waals surface area contributed by atoms with Crippen LogP contribution in [0, 0.1) is 11.8 Å². The van der Waals surface area contributed by atoms with Crippen LogP contribution >= 0.6 is 0 Å². The number of esters is 1. The quantitative estimate of drug-likeness (QED) is 0.351. The van der Waals surface area contributed by atoms with Gasteiger partial charge in [-0.3, -0.25) is 9.69 Å². The Kier molecular flexibility index (Phi) is 6.81. The number of carbonyl (C=O) groups excluding carboxylic acids is 2. The van der Waals surface area contributed by atoms with Crippen LogP contribution in [-0.2, 0) is 9.53 Å². The van der Waals surface area contributed by atoms with Crippen molar-refractivity contribution in [2.45, 2.75) is 33.3 Å². The van der Waals surface area contributed by atoms with Gasteiger partial charge in [-0.05, 0) is 26.9 Å². The van der Waals surface area contributed by atoms with E-state index < -0.39 is 17.4 Å². The number of nitrogens with zero attached hydrogens (tertiary/aromatic N) is 1. The third kappa shape index (κ3) is 5.71. The lowest BCUT2D eigenvalue weighted by Crippen LogP contribution is -2.31. The van der Waals surface area contributed by atoms with Crippen LogP contribution in [0.1, 0.15) is 38.1 Å². The highest BCUT2D eigenvalue weighted by atomic mass is 16.6. The zero-order chi connectivity index (χ0) is 16.6. The monoisotopic (exact) mass is 301 g/mol. The second-order valence-electron chi connectivity index (χ2n) is 5.36. The predicted octanol–water partition coefficient (Wildman–Crippen LogP) is 2.54. The van der Waals surface area contributed by atoms with Crippen LogP contribution in [0.5, 0.6) is 0 Å². The molecular weight excluding hydrogens is 278 g/mol. The molecule has 1 aromatic rings. The van der Waals surface area contributed by atoms with Crippen molar-refractivity contribution in [3.63, 3.8) is 0 Å². The summed E-state index contributed by atoms with van der Waals surface area (Å²) in [4.78, 5) is 26.0. The zero-order valence-electron chi connectivity index (χ0n) is 13.7. The summed E-state index contributed by atoms with van der Waals surface area (Å²) in [5.41, 5.74) is -0.673. The summed E-state index contributed by atoms with van der Waals surface area (Å²) >= 11 is 0. The van der Waals surface area contributed by atoms with Crippen molar-refractivity contribution >= 4 is 11.8 Å². The molecule has 0 N–H and O–H groups in total. The Hall–Kier alpha value is -2.12. The summed E-state index contributed by atoms with van der Waals surface area (Å²) in [6.45, 7) is 9.93. The van der Waals surface area contributed by atoms with Gasteiger partial charge >= 0.3 is 5.97 Å². The van der Waals surface area contributed by atoms with Gasteiger partial charge in [0.2, 0.25) is 0 Å². The first-order chi connectivity index (χ1) is 10.4.